The molecular formula is C19H25N5O. The van der Waals surface area contributed by atoms with Crippen molar-refractivity contribution in [3.63, 3.8) is 0 Å². The molecule has 0 bridgehead atoms. The number of carbonyl (C=O) groups excluding carboxylic acids is 1. The zero-order valence-corrected chi connectivity index (χ0v) is 14.9. The Morgan fingerprint density at radius 2 is 1.84 bits per heavy atom. The van der Waals surface area contributed by atoms with Crippen molar-refractivity contribution in [2.24, 2.45) is 0 Å². The van der Waals surface area contributed by atoms with E-state index in [4.69, 9.17) is 0 Å². The molecule has 1 unspecified atom stereocenters. The van der Waals surface area contributed by atoms with Crippen LogP contribution < -0.4 is 10.2 Å². The Morgan fingerprint density at radius 1 is 1.12 bits per heavy atom. The highest BCUT2D eigenvalue weighted by atomic mass is 16.1. The van der Waals surface area contributed by atoms with Gasteiger partial charge in [0, 0.05) is 26.2 Å². The number of anilines is 1. The lowest BCUT2D eigenvalue weighted by molar-refractivity contribution is 0.0934. The zero-order chi connectivity index (χ0) is 17.6. The Balaban J connectivity index is 1.59. The van der Waals surface area contributed by atoms with Gasteiger partial charge in [0.15, 0.2) is 0 Å². The number of aromatic nitrogens is 2. The first kappa shape index (κ1) is 17.4. The van der Waals surface area contributed by atoms with Gasteiger partial charge in [-0.05, 0) is 19.0 Å². The maximum Gasteiger partial charge on any atom is 0.271 e. The molecule has 25 heavy (non-hydrogen) atoms. The number of nitrogens with one attached hydrogen (secondary N) is 1. The molecule has 0 radical (unpaired) electrons. The van der Waals surface area contributed by atoms with Gasteiger partial charge in [-0.3, -0.25) is 4.79 Å². The average molecular weight is 339 g/mol. The molecule has 1 aromatic carbocycles. The van der Waals surface area contributed by atoms with Gasteiger partial charge in [0.25, 0.3) is 5.91 Å². The number of carbonyl (C=O) groups is 1. The predicted octanol–water partition coefficient (Wildman–Crippen LogP) is 2.11. The second-order valence-electron chi connectivity index (χ2n) is 6.29. The Bertz CT molecular complexity index is 681. The number of rotatable bonds is 5. The molecule has 0 spiro atoms. The fraction of sp³-hybridized carbons (Fsp3) is 0.421. The number of benzene rings is 1. The summed E-state index contributed by atoms with van der Waals surface area (Å²) in [6.45, 7) is 9.18. The van der Waals surface area contributed by atoms with Gasteiger partial charge < -0.3 is 15.1 Å². The number of hydrogen-bond acceptors (Lipinski definition) is 5. The topological polar surface area (TPSA) is 61.4 Å². The SMILES string of the molecule is CCN1CCN(c2cnc(C(=O)NC(C)c3ccccc3)cn2)CC1. The molecule has 1 fully saturated rings. The van der Waals surface area contributed by atoms with E-state index < -0.39 is 0 Å². The third kappa shape index (κ3) is 4.33. The maximum absolute atomic E-state index is 12.4. The summed E-state index contributed by atoms with van der Waals surface area (Å²) in [6, 6.07) is 9.81. The lowest BCUT2D eigenvalue weighted by atomic mass is 10.1. The van der Waals surface area contributed by atoms with Crippen LogP contribution >= 0.6 is 0 Å². The van der Waals surface area contributed by atoms with Gasteiger partial charge in [-0.15, -0.1) is 0 Å². The molecule has 3 rings (SSSR count). The summed E-state index contributed by atoms with van der Waals surface area (Å²) in [5.74, 6) is 0.634. The third-order valence-electron chi connectivity index (χ3n) is 4.66. The molecule has 1 N–H and O–H groups in total. The maximum atomic E-state index is 12.4. The molecule has 1 aromatic heterocycles. The summed E-state index contributed by atoms with van der Waals surface area (Å²) < 4.78 is 0. The van der Waals surface area contributed by atoms with Crippen LogP contribution in [0, 0.1) is 0 Å². The molecule has 1 amide bonds. The van der Waals surface area contributed by atoms with Gasteiger partial charge in [0.05, 0.1) is 18.4 Å². The minimum absolute atomic E-state index is 0.0719. The monoisotopic (exact) mass is 339 g/mol. The normalized spacial score (nSPS) is 16.5. The van der Waals surface area contributed by atoms with Crippen LogP contribution in [0.1, 0.15) is 35.9 Å². The number of nitrogens with zero attached hydrogens (tertiary/aromatic N) is 4. The summed E-state index contributed by atoms with van der Waals surface area (Å²) in [4.78, 5) is 25.7. The number of piperazine rings is 1. The molecule has 1 saturated heterocycles. The van der Waals surface area contributed by atoms with E-state index in [-0.39, 0.29) is 11.9 Å². The molecule has 132 valence electrons. The first-order valence-corrected chi connectivity index (χ1v) is 8.82. The van der Waals surface area contributed by atoms with Crippen molar-refractivity contribution in [3.8, 4) is 0 Å². The van der Waals surface area contributed by atoms with Gasteiger partial charge in [-0.1, -0.05) is 37.3 Å². The first-order chi connectivity index (χ1) is 12.2. The summed E-state index contributed by atoms with van der Waals surface area (Å²) in [6.07, 6.45) is 3.26. The van der Waals surface area contributed by atoms with Crippen LogP contribution in [0.4, 0.5) is 5.82 Å². The third-order valence-corrected chi connectivity index (χ3v) is 4.66. The van der Waals surface area contributed by atoms with Crippen molar-refractivity contribution < 1.29 is 4.79 Å². The first-order valence-electron chi connectivity index (χ1n) is 8.82. The van der Waals surface area contributed by atoms with Crippen LogP contribution in [0.5, 0.6) is 0 Å². The van der Waals surface area contributed by atoms with Crippen LogP contribution in [0.3, 0.4) is 0 Å². The largest absolute Gasteiger partial charge is 0.353 e. The summed E-state index contributed by atoms with van der Waals surface area (Å²) in [7, 11) is 0. The summed E-state index contributed by atoms with van der Waals surface area (Å²) in [5.41, 5.74) is 1.41. The Morgan fingerprint density at radius 3 is 2.44 bits per heavy atom. The number of likely N-dealkylation sites (N-methyl/N-ethyl adjacent to an activating group) is 1. The lowest BCUT2D eigenvalue weighted by Gasteiger charge is -2.34. The Hall–Kier alpha value is -2.47. The molecule has 2 aromatic rings. The average Bonchev–Trinajstić information content (AvgIpc) is 2.69. The minimum Gasteiger partial charge on any atom is -0.353 e. The van der Waals surface area contributed by atoms with E-state index in [2.05, 4.69) is 32.0 Å². The van der Waals surface area contributed by atoms with Gasteiger partial charge in [-0.2, -0.15) is 0 Å². The summed E-state index contributed by atoms with van der Waals surface area (Å²) >= 11 is 0. The Kier molecular flexibility index (Phi) is 5.60. The molecule has 1 aliphatic rings. The molecule has 6 nitrogen and oxygen atoms in total. The van der Waals surface area contributed by atoms with E-state index in [1.807, 2.05) is 37.3 Å². The molecule has 0 saturated carbocycles. The second-order valence-corrected chi connectivity index (χ2v) is 6.29. The van der Waals surface area contributed by atoms with Crippen LogP contribution in [-0.2, 0) is 0 Å². The molecule has 1 aliphatic heterocycles. The fourth-order valence-electron chi connectivity index (χ4n) is 2.99. The highest BCUT2D eigenvalue weighted by Crippen LogP contribution is 2.14. The quantitative estimate of drug-likeness (QED) is 0.904. The van der Waals surface area contributed by atoms with E-state index >= 15 is 0 Å². The van der Waals surface area contributed by atoms with Crippen LogP contribution in [0.25, 0.3) is 0 Å². The molecule has 2 heterocycles. The summed E-state index contributed by atoms with van der Waals surface area (Å²) in [5, 5.41) is 2.96. The van der Waals surface area contributed by atoms with E-state index in [0.717, 1.165) is 44.1 Å². The van der Waals surface area contributed by atoms with Crippen molar-refractivity contribution >= 4 is 11.7 Å². The zero-order valence-electron chi connectivity index (χ0n) is 14.9. The van der Waals surface area contributed by atoms with Gasteiger partial charge in [-0.25, -0.2) is 9.97 Å². The van der Waals surface area contributed by atoms with Crippen molar-refractivity contribution in [2.45, 2.75) is 19.9 Å². The van der Waals surface area contributed by atoms with Crippen molar-refractivity contribution in [1.82, 2.24) is 20.2 Å². The second kappa shape index (κ2) is 8.07. The van der Waals surface area contributed by atoms with Crippen LogP contribution in [0.15, 0.2) is 42.7 Å². The van der Waals surface area contributed by atoms with Crippen LogP contribution in [0.2, 0.25) is 0 Å². The van der Waals surface area contributed by atoms with Crippen molar-refractivity contribution in [1.29, 1.82) is 0 Å². The van der Waals surface area contributed by atoms with E-state index in [1.165, 1.54) is 0 Å². The van der Waals surface area contributed by atoms with Crippen LogP contribution in [-0.4, -0.2) is 53.5 Å². The van der Waals surface area contributed by atoms with Gasteiger partial charge >= 0.3 is 0 Å². The molecule has 6 heteroatoms. The fourth-order valence-corrected chi connectivity index (χ4v) is 2.99. The number of amides is 1. The van der Waals surface area contributed by atoms with E-state index in [0.29, 0.717) is 5.69 Å². The molecule has 1 atom stereocenters. The standard InChI is InChI=1S/C19H25N5O/c1-3-23-9-11-24(12-10-23)18-14-20-17(13-21-18)19(25)22-15(2)16-7-5-4-6-8-16/h4-8,13-15H,3,9-12H2,1-2H3,(H,22,25). The van der Waals surface area contributed by atoms with Gasteiger partial charge in [0.1, 0.15) is 11.5 Å². The predicted molar refractivity (Wildman–Crippen MR) is 98.7 cm³/mol. The van der Waals surface area contributed by atoms with E-state index in [9.17, 15) is 4.79 Å². The van der Waals surface area contributed by atoms with E-state index in [1.54, 1.807) is 12.4 Å². The Labute approximate surface area is 148 Å². The smallest absolute Gasteiger partial charge is 0.271 e. The highest BCUT2D eigenvalue weighted by Gasteiger charge is 2.18. The molecule has 0 aliphatic carbocycles. The number of hydrogen-bond donors (Lipinski definition) is 1. The van der Waals surface area contributed by atoms with Crippen molar-refractivity contribution in [2.75, 3.05) is 37.6 Å². The highest BCUT2D eigenvalue weighted by molar-refractivity contribution is 5.92. The molecular weight excluding hydrogens is 314 g/mol. The lowest BCUT2D eigenvalue weighted by Crippen LogP contribution is -2.46. The van der Waals surface area contributed by atoms with Gasteiger partial charge in [0.2, 0.25) is 0 Å². The van der Waals surface area contributed by atoms with Crippen molar-refractivity contribution in [3.05, 3.63) is 54.0 Å². The minimum atomic E-state index is -0.203.